The van der Waals surface area contributed by atoms with Crippen molar-refractivity contribution in [3.05, 3.63) is 63.7 Å². The van der Waals surface area contributed by atoms with E-state index >= 15 is 0 Å². The van der Waals surface area contributed by atoms with Gasteiger partial charge < -0.3 is 4.90 Å². The van der Waals surface area contributed by atoms with Crippen LogP contribution < -0.4 is 0 Å². The molecule has 0 aliphatic carbocycles. The quantitative estimate of drug-likeness (QED) is 0.689. The minimum absolute atomic E-state index is 0.00927. The highest BCUT2D eigenvalue weighted by molar-refractivity contribution is 7.09. The van der Waals surface area contributed by atoms with Gasteiger partial charge in [-0.25, -0.2) is 4.39 Å². The number of carbonyl (C=O) groups excluding carboxylic acids is 1. The van der Waals surface area contributed by atoms with Gasteiger partial charge in [-0.15, -0.1) is 11.3 Å². The van der Waals surface area contributed by atoms with Gasteiger partial charge in [0.2, 0.25) is 0 Å². The van der Waals surface area contributed by atoms with E-state index in [1.807, 2.05) is 17.9 Å². The highest BCUT2D eigenvalue weighted by atomic mass is 32.1. The zero-order valence-corrected chi connectivity index (χ0v) is 16.1. The Morgan fingerprint density at radius 3 is 2.74 bits per heavy atom. The lowest BCUT2D eigenvalue weighted by atomic mass is 10.1. The van der Waals surface area contributed by atoms with Crippen LogP contribution in [0, 0.1) is 12.7 Å². The molecule has 3 aromatic rings. The molecular formula is C21H22FN3OS. The SMILES string of the molecule is Cc1cc(C(=O)N2CCN(CCc3cccs3)CC2)c2ccc(F)cc2n1. The summed E-state index contributed by atoms with van der Waals surface area (Å²) in [6.07, 6.45) is 1.06. The summed E-state index contributed by atoms with van der Waals surface area (Å²) < 4.78 is 13.5. The van der Waals surface area contributed by atoms with E-state index < -0.39 is 0 Å². The molecule has 3 heterocycles. The van der Waals surface area contributed by atoms with Crippen molar-refractivity contribution in [1.29, 1.82) is 0 Å². The van der Waals surface area contributed by atoms with E-state index in [4.69, 9.17) is 0 Å². The molecule has 1 aliphatic heterocycles. The molecule has 4 nitrogen and oxygen atoms in total. The van der Waals surface area contributed by atoms with Gasteiger partial charge in [0.25, 0.3) is 5.91 Å². The zero-order chi connectivity index (χ0) is 18.8. The summed E-state index contributed by atoms with van der Waals surface area (Å²) in [6.45, 7) is 6.06. The molecule has 0 spiro atoms. The largest absolute Gasteiger partial charge is 0.336 e. The van der Waals surface area contributed by atoms with Crippen molar-refractivity contribution < 1.29 is 9.18 Å². The molecular weight excluding hydrogens is 361 g/mol. The molecule has 2 aromatic heterocycles. The molecule has 0 N–H and O–H groups in total. The summed E-state index contributed by atoms with van der Waals surface area (Å²) in [7, 11) is 0. The summed E-state index contributed by atoms with van der Waals surface area (Å²) in [4.78, 5) is 23.2. The fourth-order valence-electron chi connectivity index (χ4n) is 3.58. The van der Waals surface area contributed by atoms with Crippen LogP contribution in [0.1, 0.15) is 20.9 Å². The van der Waals surface area contributed by atoms with E-state index in [0.29, 0.717) is 29.6 Å². The third-order valence-electron chi connectivity index (χ3n) is 5.04. The van der Waals surface area contributed by atoms with Crippen LogP contribution in [-0.4, -0.2) is 53.4 Å². The number of nitrogens with zero attached hydrogens (tertiary/aromatic N) is 3. The Labute approximate surface area is 162 Å². The molecule has 27 heavy (non-hydrogen) atoms. The Morgan fingerprint density at radius 1 is 1.19 bits per heavy atom. The van der Waals surface area contributed by atoms with Crippen LogP contribution in [0.4, 0.5) is 4.39 Å². The first kappa shape index (κ1) is 18.1. The van der Waals surface area contributed by atoms with Gasteiger partial charge in [0.05, 0.1) is 11.1 Å². The summed E-state index contributed by atoms with van der Waals surface area (Å²) in [5.41, 5.74) is 1.88. The maximum atomic E-state index is 13.5. The standard InChI is InChI=1S/C21H22FN3OS/c1-15-13-19(18-5-4-16(22)14-20(18)23-15)21(26)25-10-8-24(9-11-25)7-6-17-3-2-12-27-17/h2-5,12-14H,6-11H2,1H3. The number of rotatable bonds is 4. The number of hydrogen-bond acceptors (Lipinski definition) is 4. The van der Waals surface area contributed by atoms with Gasteiger partial charge in [-0.05, 0) is 43.0 Å². The molecule has 0 radical (unpaired) electrons. The number of thiophene rings is 1. The highest BCUT2D eigenvalue weighted by Gasteiger charge is 2.24. The van der Waals surface area contributed by atoms with Crippen LogP contribution in [0.2, 0.25) is 0 Å². The predicted octanol–water partition coefficient (Wildman–Crippen LogP) is 3.74. The molecule has 4 rings (SSSR count). The number of halogens is 1. The normalized spacial score (nSPS) is 15.4. The number of hydrogen-bond donors (Lipinski definition) is 0. The third kappa shape index (κ3) is 4.01. The smallest absolute Gasteiger partial charge is 0.254 e. The van der Waals surface area contributed by atoms with E-state index in [2.05, 4.69) is 27.4 Å². The maximum absolute atomic E-state index is 13.5. The molecule has 140 valence electrons. The van der Waals surface area contributed by atoms with Crippen molar-refractivity contribution in [3.63, 3.8) is 0 Å². The van der Waals surface area contributed by atoms with Crippen molar-refractivity contribution in [3.8, 4) is 0 Å². The van der Waals surface area contributed by atoms with E-state index in [9.17, 15) is 9.18 Å². The van der Waals surface area contributed by atoms with Crippen molar-refractivity contribution in [2.24, 2.45) is 0 Å². The second-order valence-corrected chi connectivity index (χ2v) is 7.97. The van der Waals surface area contributed by atoms with E-state index in [1.165, 1.54) is 17.0 Å². The van der Waals surface area contributed by atoms with E-state index in [0.717, 1.165) is 31.7 Å². The van der Waals surface area contributed by atoms with Gasteiger partial charge in [0.1, 0.15) is 5.82 Å². The van der Waals surface area contributed by atoms with Crippen LogP contribution >= 0.6 is 11.3 Å². The van der Waals surface area contributed by atoms with E-state index in [-0.39, 0.29) is 11.7 Å². The molecule has 0 atom stereocenters. The Kier molecular flexibility index (Phi) is 5.18. The fourth-order valence-corrected chi connectivity index (χ4v) is 4.28. The second-order valence-electron chi connectivity index (χ2n) is 6.94. The summed E-state index contributed by atoms with van der Waals surface area (Å²) in [5, 5.41) is 2.82. The fraction of sp³-hybridized carbons (Fsp3) is 0.333. The summed E-state index contributed by atoms with van der Waals surface area (Å²) in [6, 6.07) is 10.5. The Hall–Kier alpha value is -2.31. The molecule has 0 unspecified atom stereocenters. The third-order valence-corrected chi connectivity index (χ3v) is 5.98. The van der Waals surface area contributed by atoms with Crippen molar-refractivity contribution in [1.82, 2.24) is 14.8 Å². The van der Waals surface area contributed by atoms with Crippen LogP contribution in [0.15, 0.2) is 41.8 Å². The van der Waals surface area contributed by atoms with Crippen molar-refractivity contribution in [2.75, 3.05) is 32.7 Å². The number of amides is 1. The lowest BCUT2D eigenvalue weighted by Gasteiger charge is -2.35. The van der Waals surface area contributed by atoms with Gasteiger partial charge in [-0.3, -0.25) is 14.7 Å². The number of fused-ring (bicyclic) bond motifs is 1. The molecule has 6 heteroatoms. The van der Waals surface area contributed by atoms with Crippen LogP contribution in [0.5, 0.6) is 0 Å². The first-order valence-electron chi connectivity index (χ1n) is 9.21. The second kappa shape index (κ2) is 7.74. The van der Waals surface area contributed by atoms with Gasteiger partial charge >= 0.3 is 0 Å². The molecule has 1 amide bonds. The van der Waals surface area contributed by atoms with Gasteiger partial charge in [-0.1, -0.05) is 6.07 Å². The number of carbonyl (C=O) groups is 1. The lowest BCUT2D eigenvalue weighted by molar-refractivity contribution is 0.0640. The highest BCUT2D eigenvalue weighted by Crippen LogP contribution is 2.22. The molecule has 0 bridgehead atoms. The summed E-state index contributed by atoms with van der Waals surface area (Å²) >= 11 is 1.79. The van der Waals surface area contributed by atoms with E-state index in [1.54, 1.807) is 17.4 Å². The molecule has 1 fully saturated rings. The van der Waals surface area contributed by atoms with Crippen LogP contribution in [0.25, 0.3) is 10.9 Å². The average molecular weight is 383 g/mol. The zero-order valence-electron chi connectivity index (χ0n) is 15.3. The van der Waals surface area contributed by atoms with Crippen molar-refractivity contribution in [2.45, 2.75) is 13.3 Å². The maximum Gasteiger partial charge on any atom is 0.254 e. The Balaban J connectivity index is 1.44. The van der Waals surface area contributed by atoms with Gasteiger partial charge in [-0.2, -0.15) is 0 Å². The summed E-state index contributed by atoms with van der Waals surface area (Å²) in [5.74, 6) is -0.326. The minimum Gasteiger partial charge on any atom is -0.336 e. The number of aromatic nitrogens is 1. The minimum atomic E-state index is -0.335. The molecule has 1 aliphatic rings. The predicted molar refractivity (Wildman–Crippen MR) is 107 cm³/mol. The first-order valence-corrected chi connectivity index (χ1v) is 10.1. The molecule has 0 saturated carbocycles. The molecule has 1 aromatic carbocycles. The number of benzene rings is 1. The molecule has 1 saturated heterocycles. The number of aryl methyl sites for hydroxylation is 1. The first-order chi connectivity index (χ1) is 13.1. The van der Waals surface area contributed by atoms with Crippen LogP contribution in [0.3, 0.4) is 0 Å². The topological polar surface area (TPSA) is 36.4 Å². The number of pyridine rings is 1. The van der Waals surface area contributed by atoms with Gasteiger partial charge in [0, 0.05) is 54.7 Å². The lowest BCUT2D eigenvalue weighted by Crippen LogP contribution is -2.49. The monoisotopic (exact) mass is 383 g/mol. The Bertz CT molecular complexity index is 944. The number of piperazine rings is 1. The van der Waals surface area contributed by atoms with Gasteiger partial charge in [0.15, 0.2) is 0 Å². The Morgan fingerprint density at radius 2 is 2.00 bits per heavy atom. The van der Waals surface area contributed by atoms with Crippen molar-refractivity contribution >= 4 is 28.1 Å². The van der Waals surface area contributed by atoms with Crippen LogP contribution in [-0.2, 0) is 6.42 Å². The average Bonchev–Trinajstić information content (AvgIpc) is 3.19.